The third kappa shape index (κ3) is 3.37. The lowest BCUT2D eigenvalue weighted by atomic mass is 10.2. The van der Waals surface area contributed by atoms with Gasteiger partial charge in [-0.15, -0.1) is 11.3 Å². The Morgan fingerprint density at radius 2 is 2.22 bits per heavy atom. The van der Waals surface area contributed by atoms with Crippen molar-refractivity contribution in [1.29, 1.82) is 0 Å². The Morgan fingerprint density at radius 1 is 1.44 bits per heavy atom. The van der Waals surface area contributed by atoms with E-state index in [2.05, 4.69) is 40.1 Å². The summed E-state index contributed by atoms with van der Waals surface area (Å²) in [7, 11) is 0. The molecule has 0 fully saturated rings. The Bertz CT molecular complexity index is 540. The minimum absolute atomic E-state index is 0.248. The second-order valence-corrected chi connectivity index (χ2v) is 6.32. The van der Waals surface area contributed by atoms with Gasteiger partial charge in [-0.05, 0) is 18.2 Å². The third-order valence-electron chi connectivity index (χ3n) is 2.40. The first-order valence-electron chi connectivity index (χ1n) is 5.70. The van der Waals surface area contributed by atoms with E-state index >= 15 is 0 Å². The zero-order valence-corrected chi connectivity index (χ0v) is 12.6. The van der Waals surface area contributed by atoms with Crippen LogP contribution >= 0.6 is 27.3 Å². The maximum absolute atomic E-state index is 13.8. The number of hydrogen-bond donors (Lipinski definition) is 1. The fourth-order valence-electron chi connectivity index (χ4n) is 1.48. The molecule has 0 bridgehead atoms. The molecule has 0 unspecified atom stereocenters. The van der Waals surface area contributed by atoms with Crippen LogP contribution in [0.5, 0.6) is 0 Å². The summed E-state index contributed by atoms with van der Waals surface area (Å²) < 4.78 is 14.5. The summed E-state index contributed by atoms with van der Waals surface area (Å²) in [6.45, 7) is 4.96. The van der Waals surface area contributed by atoms with Gasteiger partial charge in [0.1, 0.15) is 10.8 Å². The highest BCUT2D eigenvalue weighted by Crippen LogP contribution is 2.29. The zero-order chi connectivity index (χ0) is 13.1. The normalized spacial score (nSPS) is 11.2. The molecule has 5 heteroatoms. The molecule has 0 saturated carbocycles. The Morgan fingerprint density at radius 3 is 2.89 bits per heavy atom. The molecule has 1 N–H and O–H groups in total. The van der Waals surface area contributed by atoms with Crippen molar-refractivity contribution in [3.63, 3.8) is 0 Å². The Labute approximate surface area is 118 Å². The second kappa shape index (κ2) is 5.91. The van der Waals surface area contributed by atoms with E-state index in [9.17, 15) is 4.39 Å². The first-order valence-corrected chi connectivity index (χ1v) is 7.30. The fraction of sp³-hybridized carbons (Fsp3) is 0.308. The molecular formula is C13H14BrFN2S. The van der Waals surface area contributed by atoms with Gasteiger partial charge in [0.15, 0.2) is 0 Å². The van der Waals surface area contributed by atoms with Crippen LogP contribution in [0.4, 0.5) is 4.39 Å². The van der Waals surface area contributed by atoms with Gasteiger partial charge in [-0.2, -0.15) is 0 Å². The van der Waals surface area contributed by atoms with Crippen molar-refractivity contribution in [2.75, 3.05) is 0 Å². The van der Waals surface area contributed by atoms with Gasteiger partial charge in [0, 0.05) is 33.7 Å². The zero-order valence-electron chi connectivity index (χ0n) is 10.2. The highest BCUT2D eigenvalue weighted by Gasteiger charge is 2.10. The lowest BCUT2D eigenvalue weighted by Gasteiger charge is -2.04. The Balaban J connectivity index is 2.18. The Kier molecular flexibility index (Phi) is 4.48. The SMILES string of the molecule is CC(C)NCc1cnc(-c2ccc(Br)cc2F)s1. The van der Waals surface area contributed by atoms with Crippen LogP contribution in [-0.4, -0.2) is 11.0 Å². The van der Waals surface area contributed by atoms with E-state index in [4.69, 9.17) is 0 Å². The van der Waals surface area contributed by atoms with Crippen LogP contribution in [0.3, 0.4) is 0 Å². The number of thiazole rings is 1. The molecule has 0 aliphatic heterocycles. The van der Waals surface area contributed by atoms with Crippen molar-refractivity contribution in [3.8, 4) is 10.6 Å². The fourth-order valence-corrected chi connectivity index (χ4v) is 2.70. The average molecular weight is 329 g/mol. The molecule has 0 atom stereocenters. The third-order valence-corrected chi connectivity index (χ3v) is 3.92. The summed E-state index contributed by atoms with van der Waals surface area (Å²) in [5, 5.41) is 4.04. The largest absolute Gasteiger partial charge is 0.310 e. The maximum atomic E-state index is 13.8. The van der Waals surface area contributed by atoms with Crippen LogP contribution in [0.25, 0.3) is 10.6 Å². The highest BCUT2D eigenvalue weighted by molar-refractivity contribution is 9.10. The molecule has 1 aromatic carbocycles. The molecule has 2 aromatic rings. The van der Waals surface area contributed by atoms with Crippen molar-refractivity contribution in [1.82, 2.24) is 10.3 Å². The standard InChI is InChI=1S/C13H14BrFN2S/c1-8(2)16-6-10-7-17-13(18-10)11-4-3-9(14)5-12(11)15/h3-5,7-8,16H,6H2,1-2H3. The van der Waals surface area contributed by atoms with Crippen LogP contribution in [0.1, 0.15) is 18.7 Å². The Hall–Kier alpha value is -0.780. The first-order chi connectivity index (χ1) is 8.56. The van der Waals surface area contributed by atoms with Gasteiger partial charge in [0.05, 0.1) is 0 Å². The summed E-state index contributed by atoms with van der Waals surface area (Å²) >= 11 is 4.77. The van der Waals surface area contributed by atoms with E-state index in [1.807, 2.05) is 6.07 Å². The average Bonchev–Trinajstić information content (AvgIpc) is 2.75. The van der Waals surface area contributed by atoms with E-state index in [1.54, 1.807) is 12.3 Å². The van der Waals surface area contributed by atoms with E-state index in [-0.39, 0.29) is 5.82 Å². The lowest BCUT2D eigenvalue weighted by Crippen LogP contribution is -2.21. The van der Waals surface area contributed by atoms with Gasteiger partial charge < -0.3 is 5.32 Å². The summed E-state index contributed by atoms with van der Waals surface area (Å²) in [6.07, 6.45) is 1.80. The van der Waals surface area contributed by atoms with Crippen molar-refractivity contribution >= 4 is 27.3 Å². The molecule has 0 aliphatic rings. The quantitative estimate of drug-likeness (QED) is 0.909. The van der Waals surface area contributed by atoms with Crippen molar-refractivity contribution < 1.29 is 4.39 Å². The predicted octanol–water partition coefficient (Wildman–Crippen LogP) is 4.21. The number of nitrogens with one attached hydrogen (secondary N) is 1. The second-order valence-electron chi connectivity index (χ2n) is 4.29. The molecular weight excluding hydrogens is 315 g/mol. The van der Waals surface area contributed by atoms with Gasteiger partial charge in [-0.3, -0.25) is 0 Å². The van der Waals surface area contributed by atoms with Crippen molar-refractivity contribution in [2.45, 2.75) is 26.4 Å². The molecule has 96 valence electrons. The van der Waals surface area contributed by atoms with Crippen molar-refractivity contribution in [2.24, 2.45) is 0 Å². The number of benzene rings is 1. The monoisotopic (exact) mass is 328 g/mol. The van der Waals surface area contributed by atoms with Gasteiger partial charge in [0.2, 0.25) is 0 Å². The van der Waals surface area contributed by atoms with Gasteiger partial charge in [0.25, 0.3) is 0 Å². The molecule has 0 aliphatic carbocycles. The van der Waals surface area contributed by atoms with Crippen molar-refractivity contribution in [3.05, 3.63) is 39.6 Å². The topological polar surface area (TPSA) is 24.9 Å². The molecule has 2 rings (SSSR count). The number of rotatable bonds is 4. The molecule has 18 heavy (non-hydrogen) atoms. The van der Waals surface area contributed by atoms with Gasteiger partial charge in [-0.1, -0.05) is 29.8 Å². The highest BCUT2D eigenvalue weighted by atomic mass is 79.9. The van der Waals surface area contributed by atoms with Crippen LogP contribution in [0.15, 0.2) is 28.9 Å². The van der Waals surface area contributed by atoms with E-state index in [0.29, 0.717) is 11.6 Å². The summed E-state index contributed by atoms with van der Waals surface area (Å²) in [5.41, 5.74) is 0.555. The number of nitrogens with zero attached hydrogens (tertiary/aromatic N) is 1. The molecule has 2 nitrogen and oxygen atoms in total. The summed E-state index contributed by atoms with van der Waals surface area (Å²) in [5.74, 6) is -0.248. The number of halogens is 2. The van der Waals surface area contributed by atoms with E-state index < -0.39 is 0 Å². The van der Waals surface area contributed by atoms with E-state index in [1.165, 1.54) is 17.4 Å². The minimum atomic E-state index is -0.248. The summed E-state index contributed by atoms with van der Waals surface area (Å²) in [6, 6.07) is 5.46. The van der Waals surface area contributed by atoms with Gasteiger partial charge in [-0.25, -0.2) is 9.37 Å². The maximum Gasteiger partial charge on any atom is 0.134 e. The summed E-state index contributed by atoms with van der Waals surface area (Å²) in [4.78, 5) is 5.39. The molecule has 0 radical (unpaired) electrons. The van der Waals surface area contributed by atoms with E-state index in [0.717, 1.165) is 20.9 Å². The molecule has 0 spiro atoms. The first kappa shape index (κ1) is 13.6. The van der Waals surface area contributed by atoms with Crippen LogP contribution in [0.2, 0.25) is 0 Å². The molecule has 1 aromatic heterocycles. The predicted molar refractivity (Wildman–Crippen MR) is 77.2 cm³/mol. The van der Waals surface area contributed by atoms with Crippen LogP contribution in [-0.2, 0) is 6.54 Å². The van der Waals surface area contributed by atoms with Gasteiger partial charge >= 0.3 is 0 Å². The molecule has 1 heterocycles. The lowest BCUT2D eigenvalue weighted by molar-refractivity contribution is 0.593. The van der Waals surface area contributed by atoms with Crippen LogP contribution < -0.4 is 5.32 Å². The number of aromatic nitrogens is 1. The minimum Gasteiger partial charge on any atom is -0.310 e. The smallest absolute Gasteiger partial charge is 0.134 e. The number of hydrogen-bond acceptors (Lipinski definition) is 3. The molecule has 0 saturated heterocycles. The van der Waals surface area contributed by atoms with Crippen LogP contribution in [0, 0.1) is 5.82 Å². The molecule has 0 amide bonds.